The zero-order valence-electron chi connectivity index (χ0n) is 13.4. The molecule has 0 saturated carbocycles. The number of esters is 1. The molecular weight excluding hydrogens is 354 g/mol. The zero-order valence-corrected chi connectivity index (χ0v) is 14.2. The van der Waals surface area contributed by atoms with Crippen molar-refractivity contribution >= 4 is 35.2 Å². The lowest BCUT2D eigenvalue weighted by Crippen LogP contribution is -2.47. The molecule has 134 valence electrons. The van der Waals surface area contributed by atoms with Crippen LogP contribution in [0, 0.1) is 11.6 Å². The summed E-state index contributed by atoms with van der Waals surface area (Å²) < 4.78 is 31.5. The Morgan fingerprint density at radius 1 is 1.44 bits per heavy atom. The molecule has 3 rings (SSSR count). The number of benzene rings is 1. The van der Waals surface area contributed by atoms with Crippen LogP contribution < -0.4 is 5.32 Å². The van der Waals surface area contributed by atoms with Gasteiger partial charge < -0.3 is 15.0 Å². The monoisotopic (exact) mass is 370 g/mol. The van der Waals surface area contributed by atoms with Crippen molar-refractivity contribution in [1.82, 2.24) is 4.90 Å². The number of rotatable bonds is 4. The van der Waals surface area contributed by atoms with Crippen molar-refractivity contribution in [2.75, 3.05) is 17.7 Å². The highest BCUT2D eigenvalue weighted by atomic mass is 32.2. The number of fused-ring (bicyclic) bond motifs is 1. The van der Waals surface area contributed by atoms with Crippen molar-refractivity contribution in [3.05, 3.63) is 29.8 Å². The molecule has 2 saturated heterocycles. The van der Waals surface area contributed by atoms with Gasteiger partial charge in [-0.05, 0) is 25.5 Å². The fraction of sp³-hybridized carbons (Fsp3) is 0.438. The second kappa shape index (κ2) is 6.62. The average molecular weight is 370 g/mol. The number of ether oxygens (including phenoxy) is 1. The minimum atomic E-state index is -0.799. The smallest absolute Gasteiger partial charge is 0.330 e. The Kier molecular flexibility index (Phi) is 4.68. The molecule has 2 heterocycles. The van der Waals surface area contributed by atoms with Crippen LogP contribution in [0.1, 0.15) is 19.8 Å². The van der Waals surface area contributed by atoms with Gasteiger partial charge in [0.15, 0.2) is 6.61 Å². The van der Waals surface area contributed by atoms with Gasteiger partial charge in [-0.2, -0.15) is 0 Å². The Bertz CT molecular complexity index is 745. The number of thioether (sulfide) groups is 1. The maximum Gasteiger partial charge on any atom is 0.330 e. The van der Waals surface area contributed by atoms with Crippen LogP contribution in [-0.4, -0.2) is 46.0 Å². The lowest BCUT2D eigenvalue weighted by atomic mass is 10.2. The van der Waals surface area contributed by atoms with Gasteiger partial charge in [0.25, 0.3) is 5.91 Å². The quantitative estimate of drug-likeness (QED) is 0.820. The molecule has 6 nitrogen and oxygen atoms in total. The molecule has 0 spiro atoms. The van der Waals surface area contributed by atoms with E-state index in [9.17, 15) is 23.2 Å². The van der Waals surface area contributed by atoms with E-state index in [1.54, 1.807) is 0 Å². The first-order valence-corrected chi connectivity index (χ1v) is 8.66. The summed E-state index contributed by atoms with van der Waals surface area (Å²) in [4.78, 5) is 37.1. The van der Waals surface area contributed by atoms with Crippen molar-refractivity contribution in [2.45, 2.75) is 30.7 Å². The van der Waals surface area contributed by atoms with Crippen LogP contribution in [0.25, 0.3) is 0 Å². The number of anilines is 1. The van der Waals surface area contributed by atoms with Crippen LogP contribution >= 0.6 is 11.8 Å². The summed E-state index contributed by atoms with van der Waals surface area (Å²) >= 11 is 1.51. The molecule has 0 radical (unpaired) electrons. The lowest BCUT2D eigenvalue weighted by molar-refractivity contribution is -0.155. The van der Waals surface area contributed by atoms with E-state index in [4.69, 9.17) is 4.74 Å². The third-order valence-corrected chi connectivity index (χ3v) is 5.77. The van der Waals surface area contributed by atoms with E-state index in [0.717, 1.165) is 18.2 Å². The first kappa shape index (κ1) is 17.7. The molecular formula is C16H16F2N2O4S. The van der Waals surface area contributed by atoms with Gasteiger partial charge in [-0.25, -0.2) is 13.6 Å². The van der Waals surface area contributed by atoms with E-state index in [-0.39, 0.29) is 11.6 Å². The standard InChI is InChI=1S/C16H16F2N2O4S/c1-16-5-4-14(22)20(16)12(8-25-16)15(23)24-7-13(21)19-11-6-9(17)2-3-10(11)18/h2-3,6,12H,4-5,7-8H2,1H3,(H,19,21)/t12-,16+/m0/s1. The van der Waals surface area contributed by atoms with Crippen LogP contribution in [0.15, 0.2) is 18.2 Å². The molecule has 0 aromatic heterocycles. The number of halogens is 2. The van der Waals surface area contributed by atoms with E-state index in [0.29, 0.717) is 18.6 Å². The molecule has 1 N–H and O–H groups in total. The van der Waals surface area contributed by atoms with Gasteiger partial charge in [-0.1, -0.05) is 0 Å². The maximum atomic E-state index is 13.5. The van der Waals surface area contributed by atoms with E-state index < -0.39 is 41.0 Å². The van der Waals surface area contributed by atoms with E-state index in [1.165, 1.54) is 16.7 Å². The molecule has 0 bridgehead atoms. The summed E-state index contributed by atoms with van der Waals surface area (Å²) in [5, 5.41) is 2.14. The Balaban J connectivity index is 1.56. The second-order valence-corrected chi connectivity index (χ2v) is 7.55. The number of hydrogen-bond donors (Lipinski definition) is 1. The number of hydrogen-bond acceptors (Lipinski definition) is 5. The summed E-state index contributed by atoms with van der Waals surface area (Å²) in [5.74, 6) is -2.68. The number of carbonyl (C=O) groups is 3. The van der Waals surface area contributed by atoms with Gasteiger partial charge in [-0.15, -0.1) is 11.8 Å². The Labute approximate surface area is 146 Å². The summed E-state index contributed by atoms with van der Waals surface area (Å²) in [5.41, 5.74) is -0.334. The van der Waals surface area contributed by atoms with Gasteiger partial charge in [0.05, 0.1) is 10.6 Å². The summed E-state index contributed by atoms with van der Waals surface area (Å²) in [6.45, 7) is 1.25. The van der Waals surface area contributed by atoms with E-state index in [2.05, 4.69) is 5.32 Å². The average Bonchev–Trinajstić information content (AvgIpc) is 3.05. The van der Waals surface area contributed by atoms with Gasteiger partial charge in [0, 0.05) is 18.2 Å². The number of nitrogens with zero attached hydrogens (tertiary/aromatic N) is 1. The molecule has 2 aliphatic heterocycles. The normalized spacial score (nSPS) is 25.0. The van der Waals surface area contributed by atoms with Crippen molar-refractivity contribution in [3.8, 4) is 0 Å². The van der Waals surface area contributed by atoms with Crippen molar-refractivity contribution in [1.29, 1.82) is 0 Å². The molecule has 25 heavy (non-hydrogen) atoms. The Hall–Kier alpha value is -2.16. The molecule has 1 aromatic rings. The minimum absolute atomic E-state index is 0.110. The number of nitrogens with one attached hydrogen (secondary N) is 1. The third kappa shape index (κ3) is 3.46. The minimum Gasteiger partial charge on any atom is -0.454 e. The predicted octanol–water partition coefficient (Wildman–Crippen LogP) is 1.90. The molecule has 1 aromatic carbocycles. The van der Waals surface area contributed by atoms with Crippen molar-refractivity contribution < 1.29 is 27.9 Å². The molecule has 2 amide bonds. The zero-order chi connectivity index (χ0) is 18.2. The van der Waals surface area contributed by atoms with Gasteiger partial charge >= 0.3 is 5.97 Å². The van der Waals surface area contributed by atoms with Gasteiger partial charge in [0.2, 0.25) is 5.91 Å². The van der Waals surface area contributed by atoms with Gasteiger partial charge in [0.1, 0.15) is 17.7 Å². The largest absolute Gasteiger partial charge is 0.454 e. The summed E-state index contributed by atoms with van der Waals surface area (Å²) in [7, 11) is 0. The topological polar surface area (TPSA) is 75.7 Å². The highest BCUT2D eigenvalue weighted by molar-refractivity contribution is 8.01. The summed E-state index contributed by atoms with van der Waals surface area (Å²) in [6, 6.07) is 1.90. The fourth-order valence-electron chi connectivity index (χ4n) is 3.01. The Morgan fingerprint density at radius 3 is 2.96 bits per heavy atom. The third-order valence-electron chi connectivity index (χ3n) is 4.26. The molecule has 2 aliphatic rings. The number of carbonyl (C=O) groups excluding carboxylic acids is 3. The highest BCUT2D eigenvalue weighted by Gasteiger charge is 2.53. The van der Waals surface area contributed by atoms with Crippen LogP contribution in [0.5, 0.6) is 0 Å². The highest BCUT2D eigenvalue weighted by Crippen LogP contribution is 2.47. The van der Waals surface area contributed by atoms with Gasteiger partial charge in [-0.3, -0.25) is 9.59 Å². The van der Waals surface area contributed by atoms with E-state index in [1.807, 2.05) is 6.92 Å². The maximum absolute atomic E-state index is 13.5. The first-order valence-electron chi connectivity index (χ1n) is 7.68. The lowest BCUT2D eigenvalue weighted by Gasteiger charge is -2.29. The van der Waals surface area contributed by atoms with Crippen LogP contribution in [-0.2, 0) is 19.1 Å². The fourth-order valence-corrected chi connectivity index (χ4v) is 4.42. The molecule has 2 atom stereocenters. The molecule has 2 fully saturated rings. The molecule has 0 aliphatic carbocycles. The predicted molar refractivity (Wildman–Crippen MR) is 86.7 cm³/mol. The van der Waals surface area contributed by atoms with Crippen molar-refractivity contribution in [3.63, 3.8) is 0 Å². The Morgan fingerprint density at radius 2 is 2.20 bits per heavy atom. The van der Waals surface area contributed by atoms with E-state index >= 15 is 0 Å². The van der Waals surface area contributed by atoms with Crippen LogP contribution in [0.3, 0.4) is 0 Å². The summed E-state index contributed by atoms with van der Waals surface area (Å²) in [6.07, 6.45) is 1.05. The SMILES string of the molecule is C[C@@]12CCC(=O)N1[C@H](C(=O)OCC(=O)Nc1cc(F)ccc1F)CS2. The number of amides is 2. The molecule has 0 unspecified atom stereocenters. The van der Waals surface area contributed by atoms with Crippen molar-refractivity contribution in [2.24, 2.45) is 0 Å². The van der Waals surface area contributed by atoms with Crippen LogP contribution in [0.2, 0.25) is 0 Å². The van der Waals surface area contributed by atoms with Crippen LogP contribution in [0.4, 0.5) is 14.5 Å². The second-order valence-electron chi connectivity index (χ2n) is 6.05. The molecule has 9 heteroatoms. The first-order chi connectivity index (χ1) is 11.8.